The summed E-state index contributed by atoms with van der Waals surface area (Å²) in [4.78, 5) is 13.6. The van der Waals surface area contributed by atoms with Gasteiger partial charge in [-0.15, -0.1) is 0 Å². The third-order valence-electron chi connectivity index (χ3n) is 2.31. The van der Waals surface area contributed by atoms with E-state index in [4.69, 9.17) is 4.74 Å². The molecule has 4 heteroatoms. The second kappa shape index (κ2) is 5.62. The number of hydrogen-bond acceptors (Lipinski definition) is 3. The lowest BCUT2D eigenvalue weighted by molar-refractivity contribution is 0.0261. The van der Waals surface area contributed by atoms with Crippen LogP contribution in [0.5, 0.6) is 0 Å². The Morgan fingerprint density at radius 3 is 2.81 bits per heavy atom. The quantitative estimate of drug-likeness (QED) is 0.597. The van der Waals surface area contributed by atoms with Gasteiger partial charge in [-0.2, -0.15) is 12.6 Å². The van der Waals surface area contributed by atoms with Crippen LogP contribution in [0.2, 0.25) is 0 Å². The van der Waals surface area contributed by atoms with Crippen LogP contribution in [0.15, 0.2) is 11.6 Å². The van der Waals surface area contributed by atoms with E-state index in [-0.39, 0.29) is 6.09 Å². The number of ether oxygens (including phenoxy) is 1. The number of carbonyl (C=O) groups is 1. The molecule has 0 aromatic carbocycles. The highest BCUT2D eigenvalue weighted by atomic mass is 32.1. The Labute approximate surface area is 103 Å². The van der Waals surface area contributed by atoms with Crippen molar-refractivity contribution in [3.05, 3.63) is 11.6 Å². The number of hydrogen-bond donors (Lipinski definition) is 1. The predicted molar refractivity (Wildman–Crippen MR) is 69.0 cm³/mol. The minimum absolute atomic E-state index is 0.211. The van der Waals surface area contributed by atoms with E-state index in [0.29, 0.717) is 6.54 Å². The van der Waals surface area contributed by atoms with Gasteiger partial charge < -0.3 is 9.64 Å². The van der Waals surface area contributed by atoms with Crippen LogP contribution >= 0.6 is 12.6 Å². The summed E-state index contributed by atoms with van der Waals surface area (Å²) in [5.74, 6) is 0.827. The molecule has 0 unspecified atom stereocenters. The number of amides is 1. The average molecular weight is 243 g/mol. The van der Waals surface area contributed by atoms with Crippen LogP contribution in [0, 0.1) is 0 Å². The van der Waals surface area contributed by atoms with Gasteiger partial charge in [0.25, 0.3) is 0 Å². The van der Waals surface area contributed by atoms with Crippen LogP contribution in [-0.4, -0.2) is 35.4 Å². The minimum Gasteiger partial charge on any atom is -0.444 e. The molecular formula is C12H21NO2S. The monoisotopic (exact) mass is 243 g/mol. The average Bonchev–Trinajstić information content (AvgIpc) is 2.16. The number of thiol groups is 1. The molecule has 1 aliphatic heterocycles. The maximum atomic E-state index is 11.8. The molecule has 0 N–H and O–H groups in total. The van der Waals surface area contributed by atoms with Crippen LogP contribution in [0.3, 0.4) is 0 Å². The van der Waals surface area contributed by atoms with Gasteiger partial charge in [-0.05, 0) is 39.4 Å². The second-order valence-corrected chi connectivity index (χ2v) is 5.47. The first kappa shape index (κ1) is 13.4. The zero-order chi connectivity index (χ0) is 12.2. The van der Waals surface area contributed by atoms with Gasteiger partial charge in [0.1, 0.15) is 5.60 Å². The topological polar surface area (TPSA) is 29.5 Å². The fourth-order valence-corrected chi connectivity index (χ4v) is 1.91. The van der Waals surface area contributed by atoms with Crippen LogP contribution in [-0.2, 0) is 4.74 Å². The molecule has 0 aromatic rings. The molecule has 3 nitrogen and oxygen atoms in total. The Hall–Kier alpha value is -0.640. The van der Waals surface area contributed by atoms with Crippen LogP contribution in [0.25, 0.3) is 0 Å². The van der Waals surface area contributed by atoms with E-state index in [0.717, 1.165) is 25.1 Å². The molecule has 0 spiro atoms. The smallest absolute Gasteiger partial charge is 0.410 e. The van der Waals surface area contributed by atoms with Crippen molar-refractivity contribution in [1.82, 2.24) is 4.90 Å². The van der Waals surface area contributed by atoms with Crippen molar-refractivity contribution in [3.8, 4) is 0 Å². The highest BCUT2D eigenvalue weighted by Crippen LogP contribution is 2.17. The van der Waals surface area contributed by atoms with Crippen molar-refractivity contribution in [2.75, 3.05) is 18.8 Å². The lowest BCUT2D eigenvalue weighted by Crippen LogP contribution is -2.40. The molecule has 0 atom stereocenters. The molecule has 0 fully saturated rings. The number of rotatable bonds is 2. The third-order valence-corrected chi connectivity index (χ3v) is 2.53. The fourth-order valence-electron chi connectivity index (χ4n) is 1.62. The van der Waals surface area contributed by atoms with E-state index in [1.54, 1.807) is 4.90 Å². The Morgan fingerprint density at radius 1 is 1.56 bits per heavy atom. The van der Waals surface area contributed by atoms with Gasteiger partial charge in [-0.25, -0.2) is 4.79 Å². The zero-order valence-corrected chi connectivity index (χ0v) is 11.2. The molecule has 0 aliphatic carbocycles. The Kier molecular flexibility index (Phi) is 4.71. The first-order valence-corrected chi connectivity index (χ1v) is 6.32. The summed E-state index contributed by atoms with van der Waals surface area (Å²) in [6.07, 6.45) is 3.86. The summed E-state index contributed by atoms with van der Waals surface area (Å²) in [6, 6.07) is 0. The Bertz CT molecular complexity index is 281. The molecule has 0 saturated heterocycles. The fraction of sp³-hybridized carbons (Fsp3) is 0.750. The molecule has 16 heavy (non-hydrogen) atoms. The van der Waals surface area contributed by atoms with Gasteiger partial charge in [-0.1, -0.05) is 11.6 Å². The zero-order valence-electron chi connectivity index (χ0n) is 10.3. The number of carbonyl (C=O) groups excluding carboxylic acids is 1. The van der Waals surface area contributed by atoms with Gasteiger partial charge in [0.15, 0.2) is 0 Å². The van der Waals surface area contributed by atoms with E-state index in [2.05, 4.69) is 18.7 Å². The van der Waals surface area contributed by atoms with E-state index in [9.17, 15) is 4.79 Å². The maximum absolute atomic E-state index is 11.8. The first-order valence-electron chi connectivity index (χ1n) is 5.69. The molecule has 1 rings (SSSR count). The summed E-state index contributed by atoms with van der Waals surface area (Å²) in [6.45, 7) is 7.11. The van der Waals surface area contributed by atoms with Gasteiger partial charge in [0, 0.05) is 13.1 Å². The van der Waals surface area contributed by atoms with E-state index in [1.165, 1.54) is 5.57 Å². The lowest BCUT2D eigenvalue weighted by atomic mass is 10.1. The summed E-state index contributed by atoms with van der Waals surface area (Å²) < 4.78 is 5.34. The van der Waals surface area contributed by atoms with E-state index >= 15 is 0 Å². The Balaban J connectivity index is 2.50. The summed E-state index contributed by atoms with van der Waals surface area (Å²) in [7, 11) is 0. The number of nitrogens with zero attached hydrogens (tertiary/aromatic N) is 1. The SMILES string of the molecule is CC(C)(C)OC(=O)N1CCC=C(CCS)C1. The van der Waals surface area contributed by atoms with Crippen molar-refractivity contribution in [2.24, 2.45) is 0 Å². The predicted octanol–water partition coefficient (Wildman–Crippen LogP) is 2.87. The van der Waals surface area contributed by atoms with Crippen molar-refractivity contribution in [1.29, 1.82) is 0 Å². The van der Waals surface area contributed by atoms with E-state index in [1.807, 2.05) is 20.8 Å². The lowest BCUT2D eigenvalue weighted by Gasteiger charge is -2.30. The second-order valence-electron chi connectivity index (χ2n) is 5.03. The molecule has 0 aromatic heterocycles. The highest BCUT2D eigenvalue weighted by molar-refractivity contribution is 7.80. The van der Waals surface area contributed by atoms with Crippen LogP contribution in [0.1, 0.15) is 33.6 Å². The Morgan fingerprint density at radius 2 is 2.25 bits per heavy atom. The molecule has 92 valence electrons. The molecule has 0 saturated carbocycles. The van der Waals surface area contributed by atoms with Crippen molar-refractivity contribution in [3.63, 3.8) is 0 Å². The molecule has 0 radical (unpaired) electrons. The van der Waals surface area contributed by atoms with Crippen molar-refractivity contribution >= 4 is 18.7 Å². The van der Waals surface area contributed by atoms with Crippen LogP contribution < -0.4 is 0 Å². The summed E-state index contributed by atoms with van der Waals surface area (Å²) in [5.41, 5.74) is 0.870. The molecule has 0 bridgehead atoms. The van der Waals surface area contributed by atoms with Gasteiger partial charge in [0.05, 0.1) is 0 Å². The maximum Gasteiger partial charge on any atom is 0.410 e. The first-order chi connectivity index (χ1) is 7.42. The molecule has 1 amide bonds. The minimum atomic E-state index is -0.415. The van der Waals surface area contributed by atoms with Gasteiger partial charge in [0.2, 0.25) is 0 Å². The summed E-state index contributed by atoms with van der Waals surface area (Å²) in [5, 5.41) is 0. The normalized spacial score (nSPS) is 17.0. The van der Waals surface area contributed by atoms with Crippen LogP contribution in [0.4, 0.5) is 4.79 Å². The molecule has 1 aliphatic rings. The summed E-state index contributed by atoms with van der Waals surface area (Å²) >= 11 is 4.21. The van der Waals surface area contributed by atoms with Gasteiger partial charge in [-0.3, -0.25) is 0 Å². The van der Waals surface area contributed by atoms with Crippen molar-refractivity contribution in [2.45, 2.75) is 39.2 Å². The third kappa shape index (κ3) is 4.47. The van der Waals surface area contributed by atoms with Gasteiger partial charge >= 0.3 is 6.09 Å². The van der Waals surface area contributed by atoms with Crippen molar-refractivity contribution < 1.29 is 9.53 Å². The molecular weight excluding hydrogens is 222 g/mol. The largest absolute Gasteiger partial charge is 0.444 e. The standard InChI is InChI=1S/C12H21NO2S/c1-12(2,3)15-11(14)13-7-4-5-10(9-13)6-8-16/h5,16H,4,6-9H2,1-3H3. The highest BCUT2D eigenvalue weighted by Gasteiger charge is 2.23. The molecule has 1 heterocycles. The van der Waals surface area contributed by atoms with E-state index < -0.39 is 5.60 Å².